The molecule has 1 unspecified atom stereocenters. The number of hydrogen-bond donors (Lipinski definition) is 4. The summed E-state index contributed by atoms with van der Waals surface area (Å²) in [7, 11) is 0. The van der Waals surface area contributed by atoms with Crippen LogP contribution in [0.2, 0.25) is 0 Å². The van der Waals surface area contributed by atoms with Crippen molar-refractivity contribution in [1.29, 1.82) is 0 Å². The minimum Gasteiger partial charge on any atom is -0.460 e. The summed E-state index contributed by atoms with van der Waals surface area (Å²) >= 11 is 0. The second kappa shape index (κ2) is 28.9. The Hall–Kier alpha value is -0.236. The molecule has 22 heavy (non-hydrogen) atoms. The molecule has 0 aromatic carbocycles. The van der Waals surface area contributed by atoms with Crippen LogP contribution in [0, 0.1) is 14.4 Å². The summed E-state index contributed by atoms with van der Waals surface area (Å²) in [6.07, 6.45) is 0.0861. The number of aliphatic hydroxyl groups is 3. The first-order chi connectivity index (χ1) is 9.40. The molecule has 132 valence electrons. The van der Waals surface area contributed by atoms with Gasteiger partial charge in [0.1, 0.15) is 12.7 Å². The number of ether oxygens (including phenoxy) is 1. The summed E-state index contributed by atoms with van der Waals surface area (Å²) in [4.78, 5) is 10.9. The summed E-state index contributed by atoms with van der Waals surface area (Å²) in [6.45, 7) is 13.6. The fourth-order valence-electron chi connectivity index (χ4n) is 0.748. The molecule has 0 fully saturated rings. The zero-order valence-corrected chi connectivity index (χ0v) is 16.0. The molecule has 0 radical (unpaired) electrons. The molecule has 0 aliphatic heterocycles. The van der Waals surface area contributed by atoms with Crippen molar-refractivity contribution in [3.8, 4) is 0 Å². The first kappa shape index (κ1) is 33.4. The molecule has 7 heteroatoms. The van der Waals surface area contributed by atoms with Crippen LogP contribution in [0.25, 0.3) is 0 Å². The molecule has 0 aliphatic carbocycles. The van der Waals surface area contributed by atoms with Crippen LogP contribution < -0.4 is 5.32 Å². The SMILES string of the molecule is C=C(C)C(=O)OCC(O)CNCC[CH2-].CCO.CCO.[CH3-].[Ti+2]. The molecule has 0 saturated heterocycles. The van der Waals surface area contributed by atoms with Gasteiger partial charge in [0, 0.05) is 25.3 Å². The number of carbonyl (C=O) groups excluding carboxylic acids is 1. The van der Waals surface area contributed by atoms with Gasteiger partial charge in [0.05, 0.1) is 0 Å². The topological polar surface area (TPSA) is 99.0 Å². The van der Waals surface area contributed by atoms with Gasteiger partial charge < -0.3 is 39.7 Å². The Labute approximate surface area is 150 Å². The second-order valence-corrected chi connectivity index (χ2v) is 3.72. The molecule has 0 amide bonds. The summed E-state index contributed by atoms with van der Waals surface area (Å²) in [5.41, 5.74) is 0.336. The minimum absolute atomic E-state index is 0. The van der Waals surface area contributed by atoms with E-state index < -0.39 is 12.1 Å². The maximum absolute atomic E-state index is 10.9. The zero-order valence-electron chi connectivity index (χ0n) is 14.4. The molecule has 0 rings (SSSR count). The molecule has 6 nitrogen and oxygen atoms in total. The van der Waals surface area contributed by atoms with Crippen molar-refractivity contribution < 1.29 is 46.6 Å². The molecule has 0 aromatic heterocycles. The molecule has 4 N–H and O–H groups in total. The summed E-state index contributed by atoms with van der Waals surface area (Å²) in [5, 5.41) is 27.4. The van der Waals surface area contributed by atoms with E-state index in [0.717, 1.165) is 13.0 Å². The molecular formula is C15H33NO5Ti. The average molecular weight is 355 g/mol. The smallest absolute Gasteiger partial charge is 0.460 e. The molecule has 1 atom stereocenters. The third kappa shape index (κ3) is 36.7. The van der Waals surface area contributed by atoms with Crippen LogP contribution in [0.4, 0.5) is 0 Å². The van der Waals surface area contributed by atoms with Crippen molar-refractivity contribution in [1.82, 2.24) is 5.32 Å². The van der Waals surface area contributed by atoms with Crippen LogP contribution in [0.1, 0.15) is 27.2 Å². The van der Waals surface area contributed by atoms with Gasteiger partial charge in [0.25, 0.3) is 0 Å². The third-order valence-electron chi connectivity index (χ3n) is 1.49. The van der Waals surface area contributed by atoms with Crippen molar-refractivity contribution in [2.75, 3.05) is 32.9 Å². The molecule has 0 aliphatic rings. The summed E-state index contributed by atoms with van der Waals surface area (Å²) in [6, 6.07) is 0. The number of carbonyl (C=O) groups is 1. The van der Waals surface area contributed by atoms with Crippen molar-refractivity contribution in [3.05, 3.63) is 26.5 Å². The number of esters is 1. The van der Waals surface area contributed by atoms with Crippen molar-refractivity contribution in [2.24, 2.45) is 0 Å². The van der Waals surface area contributed by atoms with Crippen LogP contribution in [-0.4, -0.2) is 60.3 Å². The predicted molar refractivity (Wildman–Crippen MR) is 86.6 cm³/mol. The Morgan fingerprint density at radius 3 is 2.05 bits per heavy atom. The van der Waals surface area contributed by atoms with E-state index in [1.165, 1.54) is 0 Å². The van der Waals surface area contributed by atoms with Gasteiger partial charge in [0.2, 0.25) is 0 Å². The third-order valence-corrected chi connectivity index (χ3v) is 1.49. The van der Waals surface area contributed by atoms with Crippen LogP contribution in [0.3, 0.4) is 0 Å². The molecule has 0 aromatic rings. The quantitative estimate of drug-likeness (QED) is 0.177. The normalized spacial score (nSPS) is 9.41. The first-order valence-corrected chi connectivity index (χ1v) is 6.63. The van der Waals surface area contributed by atoms with Crippen LogP contribution in [0.5, 0.6) is 0 Å². The standard InChI is InChI=1S/C10H18NO3.2C2H6O.CH3.Ti/c1-4-5-11-6-9(12)7-14-10(13)8(2)3;2*1-2-3;;/h9,11-12H,1-2,4-7H2,3H3;2*3H,2H2,1H3;1H3;/q-1;;;-1;+2. The van der Waals surface area contributed by atoms with E-state index in [0.29, 0.717) is 12.1 Å². The van der Waals surface area contributed by atoms with Gasteiger partial charge in [0.15, 0.2) is 0 Å². The molecule has 0 heterocycles. The van der Waals surface area contributed by atoms with Gasteiger partial charge in [-0.2, -0.15) is 6.42 Å². The monoisotopic (exact) mass is 355 g/mol. The first-order valence-electron chi connectivity index (χ1n) is 6.63. The maximum atomic E-state index is 10.9. The number of rotatable bonds is 7. The van der Waals surface area contributed by atoms with E-state index in [4.69, 9.17) is 14.9 Å². The summed E-state index contributed by atoms with van der Waals surface area (Å²) < 4.78 is 4.75. The van der Waals surface area contributed by atoms with E-state index in [2.05, 4.69) is 18.8 Å². The Kier molecular flexibility index (Phi) is 43.8. The Bertz CT molecular complexity index is 226. The van der Waals surface area contributed by atoms with E-state index in [1.807, 2.05) is 0 Å². The predicted octanol–water partition coefficient (Wildman–Crippen LogP) is 0.725. The fraction of sp³-hybridized carbons (Fsp3) is 0.667. The van der Waals surface area contributed by atoms with Crippen LogP contribution in [0.15, 0.2) is 12.2 Å². The maximum Gasteiger partial charge on any atom is 2.00 e. The van der Waals surface area contributed by atoms with E-state index in [1.54, 1.807) is 20.8 Å². The number of hydrogen-bond acceptors (Lipinski definition) is 6. The van der Waals surface area contributed by atoms with Gasteiger partial charge in [-0.3, -0.25) is 0 Å². The van der Waals surface area contributed by atoms with Crippen LogP contribution in [-0.2, 0) is 31.2 Å². The number of aliphatic hydroxyl groups excluding tert-OH is 3. The molecular weight excluding hydrogens is 322 g/mol. The molecule has 0 saturated carbocycles. The zero-order chi connectivity index (χ0) is 16.4. The summed E-state index contributed by atoms with van der Waals surface area (Å²) in [5.74, 6) is -0.471. The minimum atomic E-state index is -0.676. The molecule has 0 bridgehead atoms. The van der Waals surface area contributed by atoms with Gasteiger partial charge in [-0.25, -0.2) is 4.79 Å². The van der Waals surface area contributed by atoms with Crippen molar-refractivity contribution >= 4 is 5.97 Å². The fourth-order valence-corrected chi connectivity index (χ4v) is 0.748. The molecule has 0 spiro atoms. The Morgan fingerprint density at radius 1 is 1.32 bits per heavy atom. The van der Waals surface area contributed by atoms with Gasteiger partial charge in [-0.1, -0.05) is 6.58 Å². The van der Waals surface area contributed by atoms with E-state index in [-0.39, 0.29) is 49.0 Å². The number of nitrogens with one attached hydrogen (secondary N) is 1. The van der Waals surface area contributed by atoms with E-state index >= 15 is 0 Å². The van der Waals surface area contributed by atoms with Crippen LogP contribution >= 0.6 is 0 Å². The van der Waals surface area contributed by atoms with Gasteiger partial charge >= 0.3 is 27.7 Å². The van der Waals surface area contributed by atoms with Gasteiger partial charge in [-0.15, -0.1) is 0 Å². The Morgan fingerprint density at radius 2 is 1.73 bits per heavy atom. The van der Waals surface area contributed by atoms with E-state index in [9.17, 15) is 9.90 Å². The Balaban J connectivity index is -0.000000104. The van der Waals surface area contributed by atoms with Crippen molar-refractivity contribution in [3.63, 3.8) is 0 Å². The van der Waals surface area contributed by atoms with Gasteiger partial charge in [-0.05, 0) is 27.3 Å². The second-order valence-electron chi connectivity index (χ2n) is 3.72. The largest absolute Gasteiger partial charge is 2.00 e. The average Bonchev–Trinajstić information content (AvgIpc) is 2.38. The van der Waals surface area contributed by atoms with Crippen molar-refractivity contribution in [2.45, 2.75) is 33.3 Å².